The number of aryl methyl sites for hydroxylation is 1. The Morgan fingerprint density at radius 2 is 1.79 bits per heavy atom. The third-order valence-electron chi connectivity index (χ3n) is 1.83. The maximum Gasteiger partial charge on any atom is 0.269 e. The van der Waals surface area contributed by atoms with Gasteiger partial charge in [-0.2, -0.15) is 0 Å². The molecular formula is C9H12FNO2S. The topological polar surface area (TPSA) is 37.4 Å². The lowest BCUT2D eigenvalue weighted by Gasteiger charge is -2.09. The molecule has 0 aliphatic heterocycles. The first kappa shape index (κ1) is 11.1. The van der Waals surface area contributed by atoms with E-state index in [2.05, 4.69) is 0 Å². The van der Waals surface area contributed by atoms with Gasteiger partial charge in [0, 0.05) is 6.54 Å². The zero-order valence-electron chi connectivity index (χ0n) is 8.07. The number of nitrogens with zero attached hydrogens (tertiary/aromatic N) is 1. The van der Waals surface area contributed by atoms with Crippen LogP contribution >= 0.6 is 0 Å². The van der Waals surface area contributed by atoms with Crippen LogP contribution in [-0.4, -0.2) is 19.5 Å². The molecule has 3 nitrogen and oxygen atoms in total. The van der Waals surface area contributed by atoms with Gasteiger partial charge in [0.2, 0.25) is 0 Å². The normalized spacial score (nSPS) is 12.0. The van der Waals surface area contributed by atoms with E-state index in [4.69, 9.17) is 0 Å². The second-order valence-corrected chi connectivity index (χ2v) is 4.74. The van der Waals surface area contributed by atoms with Crippen LogP contribution in [0.5, 0.6) is 0 Å². The summed E-state index contributed by atoms with van der Waals surface area (Å²) in [6.45, 7) is 3.09. The molecule has 0 aromatic heterocycles. The van der Waals surface area contributed by atoms with Crippen LogP contribution in [0.3, 0.4) is 0 Å². The molecule has 0 radical (unpaired) electrons. The molecule has 78 valence electrons. The van der Waals surface area contributed by atoms with Crippen molar-refractivity contribution in [1.29, 1.82) is 0 Å². The molecule has 0 fully saturated rings. The summed E-state index contributed by atoms with van der Waals surface area (Å²) in [5.41, 5.74) is 0.936. The molecule has 14 heavy (non-hydrogen) atoms. The van der Waals surface area contributed by atoms with Gasteiger partial charge in [0.1, 0.15) is 0 Å². The molecule has 0 unspecified atom stereocenters. The van der Waals surface area contributed by atoms with Crippen LogP contribution in [-0.2, 0) is 10.0 Å². The molecule has 0 spiro atoms. The highest BCUT2D eigenvalue weighted by Crippen LogP contribution is 2.15. The molecular weight excluding hydrogens is 205 g/mol. The van der Waals surface area contributed by atoms with Crippen molar-refractivity contribution in [3.8, 4) is 0 Å². The van der Waals surface area contributed by atoms with Gasteiger partial charge in [0.15, 0.2) is 0 Å². The van der Waals surface area contributed by atoms with E-state index in [0.717, 1.165) is 5.56 Å². The Morgan fingerprint density at radius 1 is 1.29 bits per heavy atom. The Morgan fingerprint density at radius 3 is 2.21 bits per heavy atom. The number of benzene rings is 1. The Kier molecular flexibility index (Phi) is 3.23. The van der Waals surface area contributed by atoms with Gasteiger partial charge in [-0.3, -0.25) is 0 Å². The predicted molar refractivity (Wildman–Crippen MR) is 51.9 cm³/mol. The molecule has 0 amide bonds. The molecule has 1 aromatic rings. The van der Waals surface area contributed by atoms with Gasteiger partial charge >= 0.3 is 0 Å². The van der Waals surface area contributed by atoms with Crippen LogP contribution in [0.25, 0.3) is 0 Å². The molecule has 1 rings (SSSR count). The van der Waals surface area contributed by atoms with Crippen LogP contribution < -0.4 is 0 Å². The fourth-order valence-electron chi connectivity index (χ4n) is 0.995. The van der Waals surface area contributed by atoms with E-state index in [1.807, 2.05) is 6.92 Å². The number of rotatable bonds is 3. The minimum atomic E-state index is -3.94. The van der Waals surface area contributed by atoms with E-state index in [1.165, 1.54) is 19.1 Å². The van der Waals surface area contributed by atoms with E-state index in [0.29, 0.717) is 0 Å². The molecule has 5 heteroatoms. The first-order valence-electron chi connectivity index (χ1n) is 4.23. The average molecular weight is 217 g/mol. The predicted octanol–water partition coefficient (Wildman–Crippen LogP) is 1.89. The van der Waals surface area contributed by atoms with Gasteiger partial charge < -0.3 is 0 Å². The zero-order chi connectivity index (χ0) is 10.8. The summed E-state index contributed by atoms with van der Waals surface area (Å²) in [7, 11) is -3.94. The monoisotopic (exact) mass is 217 g/mol. The standard InChI is InChI=1S/C9H12FNO2S/c1-3-11(10)14(12,13)9-6-4-8(2)5-7-9/h4-7H,3H2,1-2H3. The van der Waals surface area contributed by atoms with Crippen molar-refractivity contribution in [3.05, 3.63) is 29.8 Å². The molecule has 1 aromatic carbocycles. The molecule has 0 bridgehead atoms. The lowest BCUT2D eigenvalue weighted by molar-refractivity contribution is 0.147. The van der Waals surface area contributed by atoms with Gasteiger partial charge in [-0.1, -0.05) is 17.7 Å². The van der Waals surface area contributed by atoms with Gasteiger partial charge in [-0.25, -0.2) is 8.42 Å². The van der Waals surface area contributed by atoms with Crippen molar-refractivity contribution in [2.75, 3.05) is 6.54 Å². The van der Waals surface area contributed by atoms with Gasteiger partial charge in [0.25, 0.3) is 10.0 Å². The Labute approximate surface area is 83.1 Å². The molecule has 0 N–H and O–H groups in total. The van der Waals surface area contributed by atoms with Crippen molar-refractivity contribution in [1.82, 2.24) is 4.53 Å². The SMILES string of the molecule is CCN(F)S(=O)(=O)c1ccc(C)cc1. The summed E-state index contributed by atoms with van der Waals surface area (Å²) >= 11 is 0. The van der Waals surface area contributed by atoms with Crippen LogP contribution in [0, 0.1) is 6.92 Å². The zero-order valence-corrected chi connectivity index (χ0v) is 8.88. The minimum absolute atomic E-state index is 0.0209. The lowest BCUT2D eigenvalue weighted by Crippen LogP contribution is -2.22. The van der Waals surface area contributed by atoms with Crippen LogP contribution in [0.15, 0.2) is 29.2 Å². The average Bonchev–Trinajstić information content (AvgIpc) is 2.17. The molecule has 0 saturated carbocycles. The largest absolute Gasteiger partial charge is 0.269 e. The van der Waals surface area contributed by atoms with Gasteiger partial charge in [-0.05, 0) is 30.5 Å². The lowest BCUT2D eigenvalue weighted by atomic mass is 10.2. The van der Waals surface area contributed by atoms with E-state index < -0.39 is 10.0 Å². The highest BCUT2D eigenvalue weighted by atomic mass is 32.2. The highest BCUT2D eigenvalue weighted by molar-refractivity contribution is 7.89. The van der Waals surface area contributed by atoms with E-state index in [1.54, 1.807) is 12.1 Å². The van der Waals surface area contributed by atoms with Crippen molar-refractivity contribution >= 4 is 10.0 Å². The van der Waals surface area contributed by atoms with Crippen LogP contribution in [0.2, 0.25) is 0 Å². The van der Waals surface area contributed by atoms with E-state index in [9.17, 15) is 12.9 Å². The quantitative estimate of drug-likeness (QED) is 0.725. The fraction of sp³-hybridized carbons (Fsp3) is 0.333. The third kappa shape index (κ3) is 2.10. The first-order valence-corrected chi connectivity index (χ1v) is 5.67. The number of hydrogen-bond acceptors (Lipinski definition) is 2. The summed E-state index contributed by atoms with van der Waals surface area (Å²) in [6.07, 6.45) is 0. The van der Waals surface area contributed by atoms with E-state index in [-0.39, 0.29) is 16.0 Å². The van der Waals surface area contributed by atoms with Gasteiger partial charge in [0.05, 0.1) is 4.90 Å². The van der Waals surface area contributed by atoms with Crippen molar-refractivity contribution in [3.63, 3.8) is 0 Å². The molecule has 0 saturated heterocycles. The highest BCUT2D eigenvalue weighted by Gasteiger charge is 2.22. The van der Waals surface area contributed by atoms with Crippen molar-refractivity contribution < 1.29 is 12.9 Å². The molecule has 0 heterocycles. The maximum atomic E-state index is 12.9. The summed E-state index contributed by atoms with van der Waals surface area (Å²) in [5.74, 6) is 0. The first-order chi connectivity index (χ1) is 6.48. The Hall–Kier alpha value is -0.940. The number of sulfonamides is 1. The van der Waals surface area contributed by atoms with Crippen molar-refractivity contribution in [2.24, 2.45) is 0 Å². The van der Waals surface area contributed by atoms with Crippen LogP contribution in [0.1, 0.15) is 12.5 Å². The molecule has 0 aliphatic carbocycles. The summed E-state index contributed by atoms with van der Waals surface area (Å²) in [6, 6.07) is 6.06. The number of halogens is 1. The fourth-order valence-corrected chi connectivity index (χ4v) is 2.04. The smallest absolute Gasteiger partial charge is 0.205 e. The van der Waals surface area contributed by atoms with Crippen molar-refractivity contribution in [2.45, 2.75) is 18.7 Å². The summed E-state index contributed by atoms with van der Waals surface area (Å²) in [5, 5.41) is 0. The van der Waals surface area contributed by atoms with E-state index >= 15 is 0 Å². The van der Waals surface area contributed by atoms with Gasteiger partial charge in [-0.15, -0.1) is 4.48 Å². The van der Waals surface area contributed by atoms with Crippen LogP contribution in [0.4, 0.5) is 4.48 Å². The maximum absolute atomic E-state index is 12.9. The second kappa shape index (κ2) is 4.06. The Bertz CT molecular complexity index is 399. The Balaban J connectivity index is 3.11. The number of hydrogen-bond donors (Lipinski definition) is 0. The minimum Gasteiger partial charge on any atom is -0.205 e. The third-order valence-corrected chi connectivity index (χ3v) is 3.48. The second-order valence-electron chi connectivity index (χ2n) is 2.92. The summed E-state index contributed by atoms with van der Waals surface area (Å²) < 4.78 is 35.6. The summed E-state index contributed by atoms with van der Waals surface area (Å²) in [4.78, 5) is -0.0209. The molecule has 0 aliphatic rings. The molecule has 0 atom stereocenters.